The molecule has 0 unspecified atom stereocenters. The van der Waals surface area contributed by atoms with Gasteiger partial charge in [0.05, 0.1) is 25.4 Å². The number of carbonyl (C=O) groups excluding carboxylic acids is 1. The topological polar surface area (TPSA) is 79.2 Å². The number of benzene rings is 1. The number of likely N-dealkylation sites (tertiary alicyclic amines) is 1. The van der Waals surface area contributed by atoms with Crippen LogP contribution in [0.25, 0.3) is 0 Å². The van der Waals surface area contributed by atoms with E-state index in [1.807, 2.05) is 13.0 Å². The van der Waals surface area contributed by atoms with E-state index in [0.29, 0.717) is 31.9 Å². The number of methoxy groups -OCH3 is 1. The molecule has 178 valence electrons. The summed E-state index contributed by atoms with van der Waals surface area (Å²) in [4.78, 5) is 14.0. The second-order valence-electron chi connectivity index (χ2n) is 10.5. The van der Waals surface area contributed by atoms with Crippen LogP contribution < -0.4 is 9.47 Å². The van der Waals surface area contributed by atoms with Gasteiger partial charge in [0.1, 0.15) is 12.4 Å². The first-order chi connectivity index (χ1) is 15.3. The van der Waals surface area contributed by atoms with Crippen molar-refractivity contribution in [2.45, 2.75) is 82.5 Å². The van der Waals surface area contributed by atoms with Crippen molar-refractivity contribution in [2.75, 3.05) is 26.8 Å². The molecule has 32 heavy (non-hydrogen) atoms. The molecule has 2 saturated carbocycles. The molecule has 0 aromatic heterocycles. The number of aliphatic hydroxyl groups excluding tert-OH is 2. The van der Waals surface area contributed by atoms with Crippen molar-refractivity contribution >= 4 is 6.29 Å². The maximum atomic E-state index is 11.7. The Morgan fingerprint density at radius 3 is 2.50 bits per heavy atom. The second kappa shape index (κ2) is 9.32. The minimum absolute atomic E-state index is 0.0503. The fourth-order valence-electron chi connectivity index (χ4n) is 5.87. The molecule has 4 rings (SSSR count). The molecular formula is C26H39NO5. The first kappa shape index (κ1) is 23.5. The molecule has 1 aromatic carbocycles. The summed E-state index contributed by atoms with van der Waals surface area (Å²) >= 11 is 0. The molecule has 2 aliphatic carbocycles. The van der Waals surface area contributed by atoms with Crippen molar-refractivity contribution in [1.29, 1.82) is 0 Å². The molecule has 1 aromatic rings. The van der Waals surface area contributed by atoms with Gasteiger partial charge in [0, 0.05) is 24.4 Å². The number of hydrogen-bond acceptors (Lipinski definition) is 6. The predicted octanol–water partition coefficient (Wildman–Crippen LogP) is 3.53. The third-order valence-corrected chi connectivity index (χ3v) is 8.48. The van der Waals surface area contributed by atoms with Crippen molar-refractivity contribution in [1.82, 2.24) is 4.90 Å². The van der Waals surface area contributed by atoms with Crippen molar-refractivity contribution < 1.29 is 24.5 Å². The highest BCUT2D eigenvalue weighted by Gasteiger charge is 2.54. The van der Waals surface area contributed by atoms with Crippen LogP contribution in [0.3, 0.4) is 0 Å². The molecule has 1 saturated heterocycles. The number of ether oxygens (including phenoxy) is 2. The summed E-state index contributed by atoms with van der Waals surface area (Å²) < 4.78 is 11.6. The molecule has 1 aliphatic heterocycles. The van der Waals surface area contributed by atoms with Gasteiger partial charge in [0.25, 0.3) is 0 Å². The van der Waals surface area contributed by atoms with Crippen LogP contribution in [0.5, 0.6) is 11.5 Å². The fraction of sp³-hybridized carbons (Fsp3) is 0.731. The second-order valence-corrected chi connectivity index (χ2v) is 10.5. The number of carbonyl (C=O) groups is 1. The van der Waals surface area contributed by atoms with Gasteiger partial charge < -0.3 is 24.5 Å². The lowest BCUT2D eigenvalue weighted by molar-refractivity contribution is -0.126. The Hall–Kier alpha value is -1.63. The molecule has 3 fully saturated rings. The minimum Gasteiger partial charge on any atom is -0.493 e. The van der Waals surface area contributed by atoms with Gasteiger partial charge in [0.2, 0.25) is 0 Å². The monoisotopic (exact) mass is 445 g/mol. The molecule has 6 nitrogen and oxygen atoms in total. The van der Waals surface area contributed by atoms with E-state index >= 15 is 0 Å². The molecule has 0 bridgehead atoms. The van der Waals surface area contributed by atoms with Crippen LogP contribution in [0.4, 0.5) is 0 Å². The molecule has 0 amide bonds. The molecule has 0 spiro atoms. The first-order valence-electron chi connectivity index (χ1n) is 12.2. The SMILES string of the molecule is COc1ccc([C@@H]2CN(C3([C@H](O)C=O)CCCCC3)C[C@@]2(C)[C@@H](C)O)cc1OCC1CC1. The standard InChI is InChI=1S/C26H39NO5/c1-18(29)25(2)17-27(26(24(30)15-28)11-5-4-6-12-26)14-21(25)20-9-10-22(31-3)23(13-20)32-16-19-7-8-19/h9-10,13,15,18-19,21,24,29-30H,4-8,11-12,14,16-17H2,1-3H3/t18-,21+,24-,25+/m1/s1. The normalized spacial score (nSPS) is 30.0. The van der Waals surface area contributed by atoms with E-state index in [1.54, 1.807) is 7.11 Å². The maximum Gasteiger partial charge on any atom is 0.161 e. The summed E-state index contributed by atoms with van der Waals surface area (Å²) in [7, 11) is 1.66. The Morgan fingerprint density at radius 1 is 1.19 bits per heavy atom. The third kappa shape index (κ3) is 4.29. The van der Waals surface area contributed by atoms with Crippen molar-refractivity contribution in [3.05, 3.63) is 23.8 Å². The van der Waals surface area contributed by atoms with Gasteiger partial charge >= 0.3 is 0 Å². The lowest BCUT2D eigenvalue weighted by Gasteiger charge is -2.47. The summed E-state index contributed by atoms with van der Waals surface area (Å²) in [5, 5.41) is 21.7. The van der Waals surface area contributed by atoms with Gasteiger partial charge in [-0.05, 0) is 56.2 Å². The van der Waals surface area contributed by atoms with E-state index < -0.39 is 23.2 Å². The van der Waals surface area contributed by atoms with Gasteiger partial charge in [-0.3, -0.25) is 4.90 Å². The van der Waals surface area contributed by atoms with Crippen LogP contribution >= 0.6 is 0 Å². The zero-order valence-electron chi connectivity index (χ0n) is 19.8. The van der Waals surface area contributed by atoms with Crippen LogP contribution in [0.1, 0.15) is 70.3 Å². The van der Waals surface area contributed by atoms with Crippen molar-refractivity contribution in [3.8, 4) is 11.5 Å². The van der Waals surface area contributed by atoms with Gasteiger partial charge in [0.15, 0.2) is 11.5 Å². The Kier molecular flexibility index (Phi) is 6.85. The number of aldehydes is 1. The molecule has 2 N–H and O–H groups in total. The Labute approximate surface area is 191 Å². The van der Waals surface area contributed by atoms with Crippen LogP contribution in [-0.2, 0) is 4.79 Å². The Balaban J connectivity index is 1.66. The summed E-state index contributed by atoms with van der Waals surface area (Å²) in [6, 6.07) is 6.10. The van der Waals surface area contributed by atoms with Crippen LogP contribution in [0.15, 0.2) is 18.2 Å². The van der Waals surface area contributed by atoms with Gasteiger partial charge in [-0.1, -0.05) is 32.3 Å². The summed E-state index contributed by atoms with van der Waals surface area (Å²) in [6.07, 6.45) is 6.40. The van der Waals surface area contributed by atoms with Crippen LogP contribution in [0, 0.1) is 11.3 Å². The average Bonchev–Trinajstić information content (AvgIpc) is 3.57. The quantitative estimate of drug-likeness (QED) is 0.566. The molecule has 1 heterocycles. The zero-order chi connectivity index (χ0) is 22.9. The minimum atomic E-state index is -1.01. The summed E-state index contributed by atoms with van der Waals surface area (Å²) in [5.74, 6) is 2.17. The molecule has 6 heteroatoms. The Morgan fingerprint density at radius 2 is 1.91 bits per heavy atom. The largest absolute Gasteiger partial charge is 0.493 e. The molecule has 3 aliphatic rings. The number of hydrogen-bond donors (Lipinski definition) is 2. The lowest BCUT2D eigenvalue weighted by atomic mass is 9.72. The van der Waals surface area contributed by atoms with Crippen molar-refractivity contribution in [3.63, 3.8) is 0 Å². The highest BCUT2D eigenvalue weighted by molar-refractivity contribution is 5.58. The van der Waals surface area contributed by atoms with Gasteiger partial charge in [-0.2, -0.15) is 0 Å². The fourth-order valence-corrected chi connectivity index (χ4v) is 5.87. The van der Waals surface area contributed by atoms with E-state index in [9.17, 15) is 15.0 Å². The van der Waals surface area contributed by atoms with Crippen LogP contribution in [0.2, 0.25) is 0 Å². The van der Waals surface area contributed by atoms with E-state index in [4.69, 9.17) is 9.47 Å². The van der Waals surface area contributed by atoms with E-state index in [1.165, 1.54) is 12.8 Å². The number of aliphatic hydroxyl groups is 2. The number of nitrogens with zero attached hydrogens (tertiary/aromatic N) is 1. The molecule has 0 radical (unpaired) electrons. The Bertz CT molecular complexity index is 801. The van der Waals surface area contributed by atoms with Gasteiger partial charge in [-0.25, -0.2) is 0 Å². The summed E-state index contributed by atoms with van der Waals surface area (Å²) in [6.45, 7) is 6.03. The first-order valence-corrected chi connectivity index (χ1v) is 12.2. The smallest absolute Gasteiger partial charge is 0.161 e. The summed E-state index contributed by atoms with van der Waals surface area (Å²) in [5.41, 5.74) is 0.159. The third-order valence-electron chi connectivity index (χ3n) is 8.48. The highest BCUT2D eigenvalue weighted by Crippen LogP contribution is 2.51. The predicted molar refractivity (Wildman–Crippen MR) is 123 cm³/mol. The average molecular weight is 446 g/mol. The van der Waals surface area contributed by atoms with Crippen molar-refractivity contribution in [2.24, 2.45) is 11.3 Å². The highest BCUT2D eigenvalue weighted by atomic mass is 16.5. The number of rotatable bonds is 9. The zero-order valence-corrected chi connectivity index (χ0v) is 19.8. The van der Waals surface area contributed by atoms with Gasteiger partial charge in [-0.15, -0.1) is 0 Å². The van der Waals surface area contributed by atoms with E-state index in [2.05, 4.69) is 24.0 Å². The molecule has 4 atom stereocenters. The lowest BCUT2D eigenvalue weighted by Crippen LogP contribution is -2.58. The maximum absolute atomic E-state index is 11.7. The van der Waals surface area contributed by atoms with E-state index in [-0.39, 0.29) is 5.92 Å². The molecular weight excluding hydrogens is 406 g/mol. The van der Waals surface area contributed by atoms with E-state index in [0.717, 1.165) is 49.2 Å². The van der Waals surface area contributed by atoms with Crippen LogP contribution in [-0.4, -0.2) is 66.0 Å².